The van der Waals surface area contributed by atoms with Crippen molar-refractivity contribution in [3.05, 3.63) is 36.1 Å². The van der Waals surface area contributed by atoms with Crippen LogP contribution < -0.4 is 5.32 Å². The van der Waals surface area contributed by atoms with E-state index in [-0.39, 0.29) is 12.5 Å². The molecule has 2 fully saturated rings. The summed E-state index contributed by atoms with van der Waals surface area (Å²) in [5.74, 6) is 1.76. The molecule has 0 radical (unpaired) electrons. The molecule has 0 bridgehead atoms. The maximum Gasteiger partial charge on any atom is 0.246 e. The van der Waals surface area contributed by atoms with Crippen LogP contribution in [0.25, 0.3) is 11.3 Å². The van der Waals surface area contributed by atoms with Gasteiger partial charge in [-0.1, -0.05) is 18.6 Å². The molecular formula is C24H34N2O3. The molecule has 158 valence electrons. The van der Waals surface area contributed by atoms with Gasteiger partial charge >= 0.3 is 0 Å². The van der Waals surface area contributed by atoms with Gasteiger partial charge in [-0.25, -0.2) is 0 Å². The highest BCUT2D eigenvalue weighted by Gasteiger charge is 2.27. The number of carbonyl (C=O) groups excluding carboxylic acids is 1. The van der Waals surface area contributed by atoms with Crippen LogP contribution >= 0.6 is 0 Å². The van der Waals surface area contributed by atoms with Gasteiger partial charge in [0.1, 0.15) is 12.4 Å². The fourth-order valence-electron chi connectivity index (χ4n) is 5.14. The van der Waals surface area contributed by atoms with Crippen molar-refractivity contribution in [3.8, 4) is 11.3 Å². The third-order valence-electron chi connectivity index (χ3n) is 6.76. The van der Waals surface area contributed by atoms with Crippen molar-refractivity contribution in [1.29, 1.82) is 0 Å². The molecule has 29 heavy (non-hydrogen) atoms. The van der Waals surface area contributed by atoms with E-state index in [0.29, 0.717) is 12.1 Å². The summed E-state index contributed by atoms with van der Waals surface area (Å²) in [4.78, 5) is 14.4. The molecule has 1 saturated carbocycles. The summed E-state index contributed by atoms with van der Waals surface area (Å²) in [6.45, 7) is 2.51. The number of likely N-dealkylation sites (tertiary alicyclic amines) is 1. The Kier molecular flexibility index (Phi) is 6.88. The third kappa shape index (κ3) is 5.20. The van der Waals surface area contributed by atoms with Crippen molar-refractivity contribution in [2.45, 2.75) is 63.5 Å². The second-order valence-corrected chi connectivity index (χ2v) is 8.78. The number of methoxy groups -OCH3 is 1. The minimum absolute atomic E-state index is 0.0133. The standard InChI is InChI=1S/C24H34N2O3/c1-28-17-24(27)25-21-10-8-18(9-11-21)12-14-26-13-3-2-6-22(26)20-15-19-5-4-7-23(19)29-16-20/h4-5,7,15-16,18,21-22H,2-3,6,8-14,17H2,1H3,(H,25,27). The maximum absolute atomic E-state index is 11.7. The van der Waals surface area contributed by atoms with E-state index in [4.69, 9.17) is 9.15 Å². The van der Waals surface area contributed by atoms with Crippen LogP contribution in [0.5, 0.6) is 0 Å². The predicted molar refractivity (Wildman–Crippen MR) is 114 cm³/mol. The number of fused-ring (bicyclic) bond motifs is 1. The van der Waals surface area contributed by atoms with Gasteiger partial charge in [-0.3, -0.25) is 9.69 Å². The number of hydrogen-bond acceptors (Lipinski definition) is 4. The average molecular weight is 399 g/mol. The SMILES string of the molecule is COCC(=O)NC1CCC(CCN2CCCCC2c2coc3cccc-3c2)CC1. The minimum Gasteiger partial charge on any atom is -0.464 e. The van der Waals surface area contributed by atoms with Crippen LogP contribution in [-0.2, 0) is 9.53 Å². The van der Waals surface area contributed by atoms with Crippen molar-refractivity contribution in [1.82, 2.24) is 10.2 Å². The van der Waals surface area contributed by atoms with Crippen LogP contribution in [0.3, 0.4) is 0 Å². The molecule has 0 aromatic rings. The van der Waals surface area contributed by atoms with E-state index in [0.717, 1.165) is 31.1 Å². The van der Waals surface area contributed by atoms with E-state index < -0.39 is 0 Å². The molecule has 1 unspecified atom stereocenters. The van der Waals surface area contributed by atoms with Gasteiger partial charge in [-0.15, -0.1) is 0 Å². The van der Waals surface area contributed by atoms with E-state index in [2.05, 4.69) is 28.4 Å². The molecule has 1 atom stereocenters. The third-order valence-corrected chi connectivity index (χ3v) is 6.76. The highest BCUT2D eigenvalue weighted by atomic mass is 16.5. The topological polar surface area (TPSA) is 54.7 Å². The lowest BCUT2D eigenvalue weighted by atomic mass is 9.83. The Balaban J connectivity index is 1.28. The number of nitrogens with one attached hydrogen (secondary N) is 1. The lowest BCUT2D eigenvalue weighted by Gasteiger charge is -2.37. The Morgan fingerprint density at radius 2 is 2.07 bits per heavy atom. The number of amides is 1. The molecule has 1 N–H and O–H groups in total. The van der Waals surface area contributed by atoms with Crippen LogP contribution in [0.4, 0.5) is 0 Å². The first-order valence-corrected chi connectivity index (χ1v) is 11.2. The quantitative estimate of drug-likeness (QED) is 0.739. The number of ether oxygens (including phenoxy) is 1. The number of piperidine rings is 1. The predicted octanol–water partition coefficient (Wildman–Crippen LogP) is 4.62. The second kappa shape index (κ2) is 9.77. The van der Waals surface area contributed by atoms with Crippen LogP contribution in [0.1, 0.15) is 63.0 Å². The van der Waals surface area contributed by atoms with Crippen molar-refractivity contribution < 1.29 is 13.9 Å². The average Bonchev–Trinajstić information content (AvgIpc) is 3.21. The second-order valence-electron chi connectivity index (χ2n) is 8.78. The molecule has 0 spiro atoms. The number of hydrogen-bond donors (Lipinski definition) is 1. The van der Waals surface area contributed by atoms with Gasteiger partial charge in [-0.2, -0.15) is 0 Å². The molecule has 5 heteroatoms. The molecule has 4 rings (SSSR count). The number of nitrogens with zero attached hydrogens (tertiary/aromatic N) is 1. The van der Waals surface area contributed by atoms with Crippen molar-refractivity contribution in [2.75, 3.05) is 26.8 Å². The minimum atomic E-state index is 0.0133. The molecule has 1 saturated heterocycles. The van der Waals surface area contributed by atoms with Crippen LogP contribution in [0.2, 0.25) is 0 Å². The first-order chi connectivity index (χ1) is 14.2. The molecular weight excluding hydrogens is 364 g/mol. The fourth-order valence-corrected chi connectivity index (χ4v) is 5.14. The normalized spacial score (nSPS) is 25.9. The zero-order valence-electron chi connectivity index (χ0n) is 17.6. The largest absolute Gasteiger partial charge is 0.464 e. The van der Waals surface area contributed by atoms with Gasteiger partial charge in [0.15, 0.2) is 0 Å². The maximum atomic E-state index is 11.7. The molecule has 2 aliphatic carbocycles. The molecule has 2 heterocycles. The van der Waals surface area contributed by atoms with Gasteiger partial charge in [-0.05, 0) is 76.1 Å². The van der Waals surface area contributed by atoms with E-state index >= 15 is 0 Å². The summed E-state index contributed by atoms with van der Waals surface area (Å²) >= 11 is 0. The van der Waals surface area contributed by atoms with E-state index in [1.165, 1.54) is 56.2 Å². The zero-order valence-corrected chi connectivity index (χ0v) is 17.6. The zero-order chi connectivity index (χ0) is 20.1. The Bertz CT molecular complexity index is 750. The van der Waals surface area contributed by atoms with Gasteiger partial charge in [0.25, 0.3) is 0 Å². The van der Waals surface area contributed by atoms with Crippen LogP contribution in [0, 0.1) is 5.92 Å². The fraction of sp³-hybridized carbons (Fsp3) is 0.625. The van der Waals surface area contributed by atoms with Crippen LogP contribution in [-0.4, -0.2) is 43.7 Å². The monoisotopic (exact) mass is 398 g/mol. The van der Waals surface area contributed by atoms with Crippen molar-refractivity contribution in [2.24, 2.45) is 5.92 Å². The Morgan fingerprint density at radius 1 is 1.21 bits per heavy atom. The molecule has 1 amide bonds. The lowest BCUT2D eigenvalue weighted by Crippen LogP contribution is -2.40. The Morgan fingerprint density at radius 3 is 2.90 bits per heavy atom. The molecule has 4 aliphatic rings. The highest BCUT2D eigenvalue weighted by Crippen LogP contribution is 2.36. The summed E-state index contributed by atoms with van der Waals surface area (Å²) in [6, 6.07) is 9.36. The Labute approximate surface area is 174 Å². The molecule has 0 aromatic heterocycles. The van der Waals surface area contributed by atoms with E-state index in [1.54, 1.807) is 7.11 Å². The van der Waals surface area contributed by atoms with E-state index in [9.17, 15) is 4.79 Å². The number of carbonyl (C=O) groups is 1. The molecule has 5 nitrogen and oxygen atoms in total. The van der Waals surface area contributed by atoms with Crippen molar-refractivity contribution in [3.63, 3.8) is 0 Å². The highest BCUT2D eigenvalue weighted by molar-refractivity contribution is 5.77. The Hall–Kier alpha value is -1.85. The smallest absolute Gasteiger partial charge is 0.246 e. The summed E-state index contributed by atoms with van der Waals surface area (Å²) in [5, 5.41) is 3.10. The molecule has 2 aliphatic heterocycles. The van der Waals surface area contributed by atoms with Crippen LogP contribution in [0.15, 0.2) is 34.9 Å². The summed E-state index contributed by atoms with van der Waals surface area (Å²) in [7, 11) is 1.57. The summed E-state index contributed by atoms with van der Waals surface area (Å²) in [6.07, 6.45) is 11.7. The van der Waals surface area contributed by atoms with Gasteiger partial charge in [0.05, 0.1) is 6.26 Å². The first kappa shape index (κ1) is 20.4. The van der Waals surface area contributed by atoms with Gasteiger partial charge in [0.2, 0.25) is 5.91 Å². The lowest BCUT2D eigenvalue weighted by molar-refractivity contribution is -0.125. The first-order valence-electron chi connectivity index (χ1n) is 11.2. The molecule has 0 aromatic carbocycles. The number of rotatable bonds is 7. The van der Waals surface area contributed by atoms with Gasteiger partial charge in [0, 0.05) is 30.3 Å². The summed E-state index contributed by atoms with van der Waals surface area (Å²) in [5.41, 5.74) is 2.54. The van der Waals surface area contributed by atoms with Gasteiger partial charge < -0.3 is 14.5 Å². The van der Waals surface area contributed by atoms with Crippen molar-refractivity contribution >= 4 is 5.91 Å². The summed E-state index contributed by atoms with van der Waals surface area (Å²) < 4.78 is 10.8. The van der Waals surface area contributed by atoms with E-state index in [1.807, 2.05) is 12.3 Å².